The molecule has 0 aliphatic carbocycles. The average molecular weight is 483 g/mol. The highest BCUT2D eigenvalue weighted by atomic mass is 19.1. The number of likely N-dealkylation sites (N-methyl/N-ethyl adjacent to an activating group) is 1. The van der Waals surface area contributed by atoms with Crippen LogP contribution in [0.3, 0.4) is 0 Å². The zero-order chi connectivity index (χ0) is 24.6. The lowest BCUT2D eigenvalue weighted by Gasteiger charge is -2.32. The highest BCUT2D eigenvalue weighted by Gasteiger charge is 2.14. The van der Waals surface area contributed by atoms with Crippen LogP contribution in [0.2, 0.25) is 0 Å². The fourth-order valence-electron chi connectivity index (χ4n) is 3.76. The van der Waals surface area contributed by atoms with E-state index in [1.807, 2.05) is 0 Å². The van der Waals surface area contributed by atoms with Crippen LogP contribution in [0.5, 0.6) is 5.88 Å². The van der Waals surface area contributed by atoms with E-state index in [4.69, 9.17) is 4.74 Å². The minimum atomic E-state index is -0.834. The Bertz CT molecular complexity index is 1140. The van der Waals surface area contributed by atoms with Gasteiger partial charge in [0.15, 0.2) is 0 Å². The van der Waals surface area contributed by atoms with E-state index in [0.717, 1.165) is 38.3 Å². The van der Waals surface area contributed by atoms with Gasteiger partial charge < -0.3 is 15.0 Å². The van der Waals surface area contributed by atoms with Gasteiger partial charge in [0, 0.05) is 56.7 Å². The number of rotatable bonds is 9. The summed E-state index contributed by atoms with van der Waals surface area (Å²) in [6, 6.07) is 9.85. The van der Waals surface area contributed by atoms with Crippen LogP contribution in [0.4, 0.5) is 8.78 Å². The third-order valence-electron chi connectivity index (χ3n) is 5.86. The molecule has 0 radical (unpaired) electrons. The number of nitrogens with zero attached hydrogens (tertiary/aromatic N) is 5. The number of halogens is 2. The summed E-state index contributed by atoms with van der Waals surface area (Å²) in [5.74, 6) is -0.392. The van der Waals surface area contributed by atoms with Crippen molar-refractivity contribution in [2.75, 3.05) is 46.4 Å². The number of hydrogen-bond donors (Lipinski definition) is 1. The van der Waals surface area contributed by atoms with Crippen molar-refractivity contribution in [1.82, 2.24) is 30.1 Å². The molecule has 1 amide bonds. The van der Waals surface area contributed by atoms with Gasteiger partial charge in [-0.15, -0.1) is 0 Å². The second kappa shape index (κ2) is 11.8. The van der Waals surface area contributed by atoms with Crippen LogP contribution in [0, 0.1) is 11.9 Å². The van der Waals surface area contributed by atoms with Gasteiger partial charge in [-0.3, -0.25) is 9.69 Å². The molecule has 2 aromatic heterocycles. The smallest absolute Gasteiger partial charge is 0.308 e. The number of nitrogens with one attached hydrogen (secondary N) is 1. The summed E-state index contributed by atoms with van der Waals surface area (Å²) in [7, 11) is 2.11. The third-order valence-corrected chi connectivity index (χ3v) is 5.86. The highest BCUT2D eigenvalue weighted by Crippen LogP contribution is 2.25. The molecule has 0 saturated carbocycles. The number of ether oxygens (including phenoxy) is 1. The predicted octanol–water partition coefficient (Wildman–Crippen LogP) is 2.30. The van der Waals surface area contributed by atoms with E-state index >= 15 is 0 Å². The molecule has 1 aliphatic rings. The van der Waals surface area contributed by atoms with Crippen LogP contribution in [0.15, 0.2) is 48.8 Å². The molecule has 0 atom stereocenters. The number of amides is 1. The molecule has 10 heteroatoms. The Morgan fingerprint density at radius 2 is 1.86 bits per heavy atom. The van der Waals surface area contributed by atoms with Crippen molar-refractivity contribution < 1.29 is 18.3 Å². The van der Waals surface area contributed by atoms with Crippen LogP contribution in [0.1, 0.15) is 11.3 Å². The van der Waals surface area contributed by atoms with E-state index in [9.17, 15) is 13.6 Å². The summed E-state index contributed by atoms with van der Waals surface area (Å²) < 4.78 is 33.4. The van der Waals surface area contributed by atoms with E-state index < -0.39 is 11.9 Å². The maximum atomic E-state index is 14.7. The summed E-state index contributed by atoms with van der Waals surface area (Å²) in [5.41, 5.74) is 2.16. The third kappa shape index (κ3) is 7.24. The monoisotopic (exact) mass is 482 g/mol. The maximum absolute atomic E-state index is 14.7. The Kier molecular flexibility index (Phi) is 8.27. The van der Waals surface area contributed by atoms with Crippen LogP contribution in [-0.4, -0.2) is 77.0 Å². The zero-order valence-corrected chi connectivity index (χ0v) is 19.6. The molecule has 8 nitrogen and oxygen atoms in total. The van der Waals surface area contributed by atoms with Crippen LogP contribution < -0.4 is 10.1 Å². The molecule has 1 aromatic carbocycles. The molecule has 1 saturated heterocycles. The van der Waals surface area contributed by atoms with Crippen molar-refractivity contribution >= 4 is 5.91 Å². The van der Waals surface area contributed by atoms with Crippen LogP contribution >= 0.6 is 0 Å². The molecule has 4 rings (SSSR count). The van der Waals surface area contributed by atoms with Crippen molar-refractivity contribution in [3.63, 3.8) is 0 Å². The molecule has 1 aliphatic heterocycles. The first-order valence-electron chi connectivity index (χ1n) is 11.5. The second-order valence-corrected chi connectivity index (χ2v) is 8.46. The quantitative estimate of drug-likeness (QED) is 0.469. The molecule has 3 aromatic rings. The Morgan fingerprint density at radius 3 is 2.57 bits per heavy atom. The molecule has 0 bridgehead atoms. The minimum absolute atomic E-state index is 0.108. The molecule has 0 spiro atoms. The van der Waals surface area contributed by atoms with Crippen molar-refractivity contribution in [2.45, 2.75) is 13.0 Å². The zero-order valence-electron chi connectivity index (χ0n) is 19.6. The van der Waals surface area contributed by atoms with Crippen molar-refractivity contribution in [3.05, 3.63) is 71.9 Å². The van der Waals surface area contributed by atoms with Gasteiger partial charge in [0.2, 0.25) is 11.8 Å². The summed E-state index contributed by atoms with van der Waals surface area (Å²) >= 11 is 0. The van der Waals surface area contributed by atoms with Gasteiger partial charge in [-0.2, -0.15) is 4.39 Å². The summed E-state index contributed by atoms with van der Waals surface area (Å²) in [6.45, 7) is 5.42. The standard InChI is InChI=1S/C25H28F2N6O2/c1-32-8-10-33(11-9-32)12-13-35-24-15-22(26)21(17-30-24)19-4-2-18(3-5-19)14-23(34)29-16-20-6-7-28-25(27)31-20/h2-7,15,17H,8-14,16H2,1H3,(H,29,34). The second-order valence-electron chi connectivity index (χ2n) is 8.46. The van der Waals surface area contributed by atoms with Gasteiger partial charge in [-0.05, 0) is 24.2 Å². The summed E-state index contributed by atoms with van der Waals surface area (Å²) in [6.07, 6.45) is 2.06. The molecule has 1 N–H and O–H groups in total. The van der Waals surface area contributed by atoms with Gasteiger partial charge in [-0.25, -0.2) is 19.3 Å². The van der Waals surface area contributed by atoms with Gasteiger partial charge in [0.05, 0.1) is 18.7 Å². The molecule has 35 heavy (non-hydrogen) atoms. The maximum Gasteiger partial charge on any atom is 0.308 e. The van der Waals surface area contributed by atoms with Gasteiger partial charge >= 0.3 is 6.08 Å². The lowest BCUT2D eigenvalue weighted by Crippen LogP contribution is -2.45. The largest absolute Gasteiger partial charge is 0.476 e. The normalized spacial score (nSPS) is 14.6. The first-order valence-corrected chi connectivity index (χ1v) is 11.5. The average Bonchev–Trinajstić information content (AvgIpc) is 2.85. The van der Waals surface area contributed by atoms with Crippen molar-refractivity contribution in [1.29, 1.82) is 0 Å². The van der Waals surface area contributed by atoms with Crippen molar-refractivity contribution in [3.8, 4) is 17.0 Å². The fraction of sp³-hybridized carbons (Fsp3) is 0.360. The SMILES string of the molecule is CN1CCN(CCOc2cc(F)c(-c3ccc(CC(=O)NCc4ccnc(F)n4)cc3)cn2)CC1. The molecule has 3 heterocycles. The van der Waals surface area contributed by atoms with E-state index in [-0.39, 0.29) is 24.8 Å². The van der Waals surface area contributed by atoms with Crippen LogP contribution in [0.25, 0.3) is 11.1 Å². The van der Waals surface area contributed by atoms with Gasteiger partial charge in [0.1, 0.15) is 12.4 Å². The molecular weight excluding hydrogens is 454 g/mol. The molecule has 0 unspecified atom stereocenters. The number of aromatic nitrogens is 3. The first kappa shape index (κ1) is 24.6. The number of hydrogen-bond acceptors (Lipinski definition) is 7. The highest BCUT2D eigenvalue weighted by molar-refractivity contribution is 5.78. The summed E-state index contributed by atoms with van der Waals surface area (Å²) in [4.78, 5) is 28.0. The number of carbonyl (C=O) groups is 1. The number of piperazine rings is 1. The Morgan fingerprint density at radius 1 is 1.09 bits per heavy atom. The van der Waals surface area contributed by atoms with E-state index in [0.29, 0.717) is 23.4 Å². The van der Waals surface area contributed by atoms with E-state index in [2.05, 4.69) is 37.1 Å². The molecular formula is C25H28F2N6O2. The van der Waals surface area contributed by atoms with Crippen LogP contribution in [-0.2, 0) is 17.8 Å². The number of pyridine rings is 1. The minimum Gasteiger partial charge on any atom is -0.476 e. The number of benzene rings is 1. The van der Waals surface area contributed by atoms with Gasteiger partial charge in [-0.1, -0.05) is 24.3 Å². The first-order chi connectivity index (χ1) is 17.0. The lowest BCUT2D eigenvalue weighted by molar-refractivity contribution is -0.120. The lowest BCUT2D eigenvalue weighted by atomic mass is 10.0. The topological polar surface area (TPSA) is 83.5 Å². The Balaban J connectivity index is 1.26. The predicted molar refractivity (Wildman–Crippen MR) is 127 cm³/mol. The summed E-state index contributed by atoms with van der Waals surface area (Å²) in [5, 5.41) is 2.69. The van der Waals surface area contributed by atoms with E-state index in [1.54, 1.807) is 24.3 Å². The Labute approximate surface area is 203 Å². The molecule has 1 fully saturated rings. The Hall–Kier alpha value is -3.50. The molecule has 184 valence electrons. The van der Waals surface area contributed by atoms with E-state index in [1.165, 1.54) is 24.5 Å². The fourth-order valence-corrected chi connectivity index (χ4v) is 3.76. The number of carbonyl (C=O) groups excluding carboxylic acids is 1. The van der Waals surface area contributed by atoms with Gasteiger partial charge in [0.25, 0.3) is 0 Å². The van der Waals surface area contributed by atoms with Crippen molar-refractivity contribution in [2.24, 2.45) is 0 Å².